The molecule has 1 aromatic carbocycles. The van der Waals surface area contributed by atoms with E-state index in [1.54, 1.807) is 12.1 Å². The molecular formula is C13H17F2N. The molecule has 0 spiro atoms. The lowest BCUT2D eigenvalue weighted by atomic mass is 9.77. The summed E-state index contributed by atoms with van der Waals surface area (Å²) in [6, 6.07) is 4.67. The van der Waals surface area contributed by atoms with Gasteiger partial charge >= 0.3 is 0 Å². The molecule has 0 heterocycles. The van der Waals surface area contributed by atoms with Crippen molar-refractivity contribution in [2.75, 3.05) is 7.05 Å². The summed E-state index contributed by atoms with van der Waals surface area (Å²) in [4.78, 5) is 0. The number of benzene rings is 1. The molecule has 1 saturated carbocycles. The fourth-order valence-corrected chi connectivity index (χ4v) is 2.29. The van der Waals surface area contributed by atoms with Gasteiger partial charge in [0.2, 0.25) is 0 Å². The van der Waals surface area contributed by atoms with Crippen LogP contribution in [0.4, 0.5) is 8.78 Å². The lowest BCUT2D eigenvalue weighted by Gasteiger charge is -2.33. The van der Waals surface area contributed by atoms with Crippen LogP contribution in [0.1, 0.15) is 24.8 Å². The summed E-state index contributed by atoms with van der Waals surface area (Å²) < 4.78 is 26.5. The van der Waals surface area contributed by atoms with Gasteiger partial charge in [-0.25, -0.2) is 8.78 Å². The van der Waals surface area contributed by atoms with E-state index in [0.29, 0.717) is 17.9 Å². The topological polar surface area (TPSA) is 12.0 Å². The van der Waals surface area contributed by atoms with E-state index >= 15 is 0 Å². The van der Waals surface area contributed by atoms with Gasteiger partial charge in [0.25, 0.3) is 0 Å². The fraction of sp³-hybridized carbons (Fsp3) is 0.538. The maximum atomic E-state index is 13.5. The zero-order valence-corrected chi connectivity index (χ0v) is 9.47. The molecule has 1 aliphatic rings. The van der Waals surface area contributed by atoms with E-state index in [0.717, 1.165) is 6.07 Å². The van der Waals surface area contributed by atoms with Crippen molar-refractivity contribution in [3.63, 3.8) is 0 Å². The molecular weight excluding hydrogens is 208 g/mol. The van der Waals surface area contributed by atoms with Gasteiger partial charge in [0.05, 0.1) is 0 Å². The Bertz CT molecular complexity index is 361. The molecule has 1 fully saturated rings. The standard InChI is InChI=1S/C13H17F2N/c1-16-12(9-4-2-5-9)8-10-6-3-7-11(14)13(10)15/h3,6-7,9,12,16H,2,4-5,8H2,1H3. The molecule has 16 heavy (non-hydrogen) atoms. The first kappa shape index (κ1) is 11.5. The molecule has 0 aliphatic heterocycles. The average Bonchev–Trinajstić information content (AvgIpc) is 2.21. The highest BCUT2D eigenvalue weighted by Gasteiger charge is 2.27. The van der Waals surface area contributed by atoms with E-state index in [2.05, 4.69) is 5.32 Å². The van der Waals surface area contributed by atoms with Crippen molar-refractivity contribution < 1.29 is 8.78 Å². The van der Waals surface area contributed by atoms with Crippen molar-refractivity contribution in [1.82, 2.24) is 5.32 Å². The minimum atomic E-state index is -0.749. The van der Waals surface area contributed by atoms with E-state index in [1.165, 1.54) is 19.3 Å². The van der Waals surface area contributed by atoms with Crippen molar-refractivity contribution in [2.24, 2.45) is 5.92 Å². The Hall–Kier alpha value is -0.960. The summed E-state index contributed by atoms with van der Waals surface area (Å²) in [6.45, 7) is 0. The predicted molar refractivity (Wildman–Crippen MR) is 60.3 cm³/mol. The third-order valence-corrected chi connectivity index (χ3v) is 3.56. The summed E-state index contributed by atoms with van der Waals surface area (Å²) in [5, 5.41) is 3.21. The van der Waals surface area contributed by atoms with Gasteiger partial charge in [0.1, 0.15) is 0 Å². The average molecular weight is 225 g/mol. The van der Waals surface area contributed by atoms with Crippen molar-refractivity contribution in [3.8, 4) is 0 Å². The molecule has 0 radical (unpaired) electrons. The number of hydrogen-bond donors (Lipinski definition) is 1. The van der Waals surface area contributed by atoms with Gasteiger partial charge in [-0.15, -0.1) is 0 Å². The molecule has 1 aliphatic carbocycles. The van der Waals surface area contributed by atoms with Crippen molar-refractivity contribution in [1.29, 1.82) is 0 Å². The Morgan fingerprint density at radius 1 is 1.38 bits per heavy atom. The third kappa shape index (κ3) is 2.24. The molecule has 1 aromatic rings. The summed E-state index contributed by atoms with van der Waals surface area (Å²) in [6.07, 6.45) is 4.23. The first-order valence-corrected chi connectivity index (χ1v) is 5.82. The maximum absolute atomic E-state index is 13.5. The van der Waals surface area contributed by atoms with Crippen LogP contribution in [0.25, 0.3) is 0 Å². The van der Waals surface area contributed by atoms with Crippen LogP contribution in [0.3, 0.4) is 0 Å². The van der Waals surface area contributed by atoms with Crippen LogP contribution >= 0.6 is 0 Å². The van der Waals surface area contributed by atoms with Crippen molar-refractivity contribution >= 4 is 0 Å². The van der Waals surface area contributed by atoms with E-state index in [1.807, 2.05) is 7.05 Å². The molecule has 0 bridgehead atoms. The zero-order chi connectivity index (χ0) is 11.5. The minimum Gasteiger partial charge on any atom is -0.316 e. The van der Waals surface area contributed by atoms with Gasteiger partial charge in [-0.05, 0) is 43.9 Å². The van der Waals surface area contributed by atoms with Crippen molar-refractivity contribution in [3.05, 3.63) is 35.4 Å². The Labute approximate surface area is 94.9 Å². The van der Waals surface area contributed by atoms with E-state index < -0.39 is 11.6 Å². The number of likely N-dealkylation sites (N-methyl/N-ethyl adjacent to an activating group) is 1. The molecule has 1 atom stereocenters. The zero-order valence-electron chi connectivity index (χ0n) is 9.47. The van der Waals surface area contributed by atoms with Crippen molar-refractivity contribution in [2.45, 2.75) is 31.7 Å². The highest BCUT2D eigenvalue weighted by molar-refractivity contribution is 5.20. The van der Waals surface area contributed by atoms with E-state index in [9.17, 15) is 8.78 Å². The van der Waals surface area contributed by atoms with Crippen LogP contribution < -0.4 is 5.32 Å². The Balaban J connectivity index is 2.09. The first-order chi connectivity index (χ1) is 7.72. The van der Waals surface area contributed by atoms with Gasteiger partial charge in [-0.1, -0.05) is 18.6 Å². The van der Waals surface area contributed by atoms with Crippen LogP contribution in [0.5, 0.6) is 0 Å². The Morgan fingerprint density at radius 3 is 2.69 bits per heavy atom. The number of nitrogens with one attached hydrogen (secondary N) is 1. The second-order valence-electron chi connectivity index (χ2n) is 4.50. The molecule has 2 rings (SSSR count). The predicted octanol–water partition coefficient (Wildman–Crippen LogP) is 2.90. The number of rotatable bonds is 4. The fourth-order valence-electron chi connectivity index (χ4n) is 2.29. The summed E-state index contributed by atoms with van der Waals surface area (Å²) >= 11 is 0. The van der Waals surface area contributed by atoms with Gasteiger partial charge in [-0.3, -0.25) is 0 Å². The van der Waals surface area contributed by atoms with Gasteiger partial charge in [0.15, 0.2) is 11.6 Å². The monoisotopic (exact) mass is 225 g/mol. The first-order valence-electron chi connectivity index (χ1n) is 5.82. The molecule has 1 nitrogen and oxygen atoms in total. The number of hydrogen-bond acceptors (Lipinski definition) is 1. The molecule has 88 valence electrons. The molecule has 0 aromatic heterocycles. The maximum Gasteiger partial charge on any atom is 0.162 e. The summed E-state index contributed by atoms with van der Waals surface area (Å²) in [5.74, 6) is -0.823. The Morgan fingerprint density at radius 2 is 2.12 bits per heavy atom. The molecule has 1 unspecified atom stereocenters. The lowest BCUT2D eigenvalue weighted by molar-refractivity contribution is 0.234. The largest absolute Gasteiger partial charge is 0.316 e. The van der Waals surface area contributed by atoms with Gasteiger partial charge < -0.3 is 5.32 Å². The third-order valence-electron chi connectivity index (χ3n) is 3.56. The van der Waals surface area contributed by atoms with Crippen LogP contribution in [0.15, 0.2) is 18.2 Å². The highest BCUT2D eigenvalue weighted by atomic mass is 19.2. The smallest absolute Gasteiger partial charge is 0.162 e. The van der Waals surface area contributed by atoms with Gasteiger partial charge in [0, 0.05) is 6.04 Å². The summed E-state index contributed by atoms with van der Waals surface area (Å²) in [5.41, 5.74) is 0.478. The second-order valence-corrected chi connectivity index (χ2v) is 4.50. The lowest BCUT2D eigenvalue weighted by Crippen LogP contribution is -2.39. The second kappa shape index (κ2) is 4.91. The normalized spacial score (nSPS) is 18.2. The SMILES string of the molecule is CNC(Cc1cccc(F)c1F)C1CCC1. The number of halogens is 2. The molecule has 0 amide bonds. The van der Waals surface area contributed by atoms with E-state index in [-0.39, 0.29) is 6.04 Å². The van der Waals surface area contributed by atoms with Crippen LogP contribution in [-0.2, 0) is 6.42 Å². The highest BCUT2D eigenvalue weighted by Crippen LogP contribution is 2.31. The van der Waals surface area contributed by atoms with Crippen LogP contribution in [0.2, 0.25) is 0 Å². The summed E-state index contributed by atoms with van der Waals surface area (Å²) in [7, 11) is 1.89. The van der Waals surface area contributed by atoms with Gasteiger partial charge in [-0.2, -0.15) is 0 Å². The molecule has 3 heteroatoms. The van der Waals surface area contributed by atoms with E-state index in [4.69, 9.17) is 0 Å². The molecule has 0 saturated heterocycles. The van der Waals surface area contributed by atoms with Crippen LogP contribution in [0, 0.1) is 17.6 Å². The minimum absolute atomic E-state index is 0.269. The van der Waals surface area contributed by atoms with Crippen LogP contribution in [-0.4, -0.2) is 13.1 Å². The quantitative estimate of drug-likeness (QED) is 0.830. The molecule has 1 N–H and O–H groups in total. The Kier molecular flexibility index (Phi) is 3.54.